The third-order valence-corrected chi connectivity index (χ3v) is 2.46. The molecule has 0 spiro atoms. The zero-order valence-electron chi connectivity index (χ0n) is 9.52. The fourth-order valence-electron chi connectivity index (χ4n) is 1.19. The van der Waals surface area contributed by atoms with Crippen LogP contribution in [0.2, 0.25) is 0 Å². The topological polar surface area (TPSA) is 3.24 Å². The van der Waals surface area contributed by atoms with E-state index in [9.17, 15) is 0 Å². The highest BCUT2D eigenvalue weighted by atomic mass is 15.2. The molecule has 0 fully saturated rings. The van der Waals surface area contributed by atoms with E-state index in [2.05, 4.69) is 36.5 Å². The molecule has 0 atom stereocenters. The molecule has 0 aliphatic heterocycles. The largest absolute Gasteiger partial charge is 0.275 e. The lowest BCUT2D eigenvalue weighted by Gasteiger charge is -2.40. The molecule has 0 radical (unpaired) electrons. The molecule has 0 saturated heterocycles. The number of nitrogens with zero attached hydrogens (tertiary/aromatic N) is 1. The Morgan fingerprint density at radius 1 is 1.08 bits per heavy atom. The van der Waals surface area contributed by atoms with Gasteiger partial charge in [-0.05, 0) is 41.7 Å². The van der Waals surface area contributed by atoms with Crippen LogP contribution >= 0.6 is 0 Å². The number of terminal acetylenes is 1. The van der Waals surface area contributed by atoms with Crippen LogP contribution in [0.15, 0.2) is 0 Å². The van der Waals surface area contributed by atoms with Crippen molar-refractivity contribution in [3.05, 3.63) is 0 Å². The fourth-order valence-corrected chi connectivity index (χ4v) is 1.19. The van der Waals surface area contributed by atoms with Crippen LogP contribution < -0.4 is 0 Å². The second-order valence-electron chi connectivity index (χ2n) is 4.20. The molecule has 0 rings (SSSR count). The molecule has 0 aromatic rings. The Balaban J connectivity index is 4.87. The third kappa shape index (κ3) is 2.79. The lowest BCUT2D eigenvalue weighted by Crippen LogP contribution is -2.51. The standard InChI is InChI=1S/C12H19N/c1-8-10-12(5,6)13(7)11(3,4)9-2/h2H,1,3-7H3. The van der Waals surface area contributed by atoms with Gasteiger partial charge in [0.1, 0.15) is 0 Å². The van der Waals surface area contributed by atoms with Gasteiger partial charge in [-0.3, -0.25) is 4.90 Å². The second kappa shape index (κ2) is 3.86. The summed E-state index contributed by atoms with van der Waals surface area (Å²) in [5, 5.41) is 0. The molecule has 0 aromatic carbocycles. The van der Waals surface area contributed by atoms with Crippen LogP contribution in [0.3, 0.4) is 0 Å². The van der Waals surface area contributed by atoms with E-state index in [0.29, 0.717) is 0 Å². The summed E-state index contributed by atoms with van der Waals surface area (Å²) in [5.41, 5.74) is -0.433. The van der Waals surface area contributed by atoms with Crippen LogP contribution in [-0.4, -0.2) is 23.0 Å². The van der Waals surface area contributed by atoms with E-state index in [4.69, 9.17) is 6.42 Å². The summed E-state index contributed by atoms with van der Waals surface area (Å²) in [6.07, 6.45) is 5.46. The number of hydrogen-bond acceptors (Lipinski definition) is 1. The average molecular weight is 177 g/mol. The van der Waals surface area contributed by atoms with E-state index in [1.165, 1.54) is 0 Å². The Labute approximate surface area is 82.5 Å². The van der Waals surface area contributed by atoms with Gasteiger partial charge in [-0.15, -0.1) is 12.3 Å². The van der Waals surface area contributed by atoms with Gasteiger partial charge in [-0.1, -0.05) is 11.8 Å². The van der Waals surface area contributed by atoms with Gasteiger partial charge in [0.05, 0.1) is 11.1 Å². The molecule has 72 valence electrons. The highest BCUT2D eigenvalue weighted by molar-refractivity contribution is 5.19. The first-order chi connectivity index (χ1) is 5.78. The van der Waals surface area contributed by atoms with Gasteiger partial charge >= 0.3 is 0 Å². The van der Waals surface area contributed by atoms with Gasteiger partial charge < -0.3 is 0 Å². The Morgan fingerprint density at radius 2 is 1.54 bits per heavy atom. The van der Waals surface area contributed by atoms with Crippen molar-refractivity contribution < 1.29 is 0 Å². The summed E-state index contributed by atoms with van der Waals surface area (Å²) >= 11 is 0. The Kier molecular flexibility index (Phi) is 3.59. The van der Waals surface area contributed by atoms with E-state index in [-0.39, 0.29) is 11.1 Å². The van der Waals surface area contributed by atoms with Gasteiger partial charge in [-0.25, -0.2) is 0 Å². The van der Waals surface area contributed by atoms with Gasteiger partial charge in [0.15, 0.2) is 0 Å². The molecule has 0 N–H and O–H groups in total. The molecule has 0 aliphatic rings. The first-order valence-corrected chi connectivity index (χ1v) is 4.43. The molecule has 0 aliphatic carbocycles. The zero-order valence-corrected chi connectivity index (χ0v) is 9.52. The lowest BCUT2D eigenvalue weighted by atomic mass is 9.95. The summed E-state index contributed by atoms with van der Waals surface area (Å²) in [6, 6.07) is 0. The maximum Gasteiger partial charge on any atom is 0.0777 e. The summed E-state index contributed by atoms with van der Waals surface area (Å²) in [4.78, 5) is 2.11. The van der Waals surface area contributed by atoms with Crippen LogP contribution in [0.4, 0.5) is 0 Å². The van der Waals surface area contributed by atoms with Gasteiger partial charge in [0.25, 0.3) is 0 Å². The second-order valence-corrected chi connectivity index (χ2v) is 4.20. The highest BCUT2D eigenvalue weighted by Gasteiger charge is 2.31. The minimum Gasteiger partial charge on any atom is -0.275 e. The van der Waals surface area contributed by atoms with Crippen LogP contribution in [0, 0.1) is 24.2 Å². The predicted octanol–water partition coefficient (Wildman–Crippen LogP) is 2.13. The smallest absolute Gasteiger partial charge is 0.0777 e. The van der Waals surface area contributed by atoms with E-state index in [1.54, 1.807) is 0 Å². The summed E-state index contributed by atoms with van der Waals surface area (Å²) in [5.74, 6) is 8.83. The minimum atomic E-state index is -0.257. The van der Waals surface area contributed by atoms with Crippen molar-refractivity contribution in [2.45, 2.75) is 45.7 Å². The van der Waals surface area contributed by atoms with Crippen molar-refractivity contribution in [3.63, 3.8) is 0 Å². The first kappa shape index (κ1) is 12.1. The van der Waals surface area contributed by atoms with Crippen molar-refractivity contribution in [3.8, 4) is 24.2 Å². The van der Waals surface area contributed by atoms with Gasteiger partial charge in [0.2, 0.25) is 0 Å². The Hall–Kier alpha value is -0.920. The molecule has 0 bridgehead atoms. The molecule has 0 amide bonds. The Morgan fingerprint density at radius 3 is 1.85 bits per heavy atom. The molecule has 0 heterocycles. The monoisotopic (exact) mass is 177 g/mol. The van der Waals surface area contributed by atoms with Crippen molar-refractivity contribution in [2.75, 3.05) is 7.05 Å². The zero-order chi connectivity index (χ0) is 10.7. The number of rotatable bonds is 2. The summed E-state index contributed by atoms with van der Waals surface area (Å²) in [7, 11) is 2.00. The third-order valence-electron chi connectivity index (χ3n) is 2.46. The quantitative estimate of drug-likeness (QED) is 0.584. The summed E-state index contributed by atoms with van der Waals surface area (Å²) < 4.78 is 0. The van der Waals surface area contributed by atoms with E-state index < -0.39 is 0 Å². The SMILES string of the molecule is C#CC(C)(C)N(C)C(C)(C)C#CC. The van der Waals surface area contributed by atoms with E-state index in [0.717, 1.165) is 0 Å². The van der Waals surface area contributed by atoms with Crippen molar-refractivity contribution >= 4 is 0 Å². The molecule has 1 nitrogen and oxygen atoms in total. The van der Waals surface area contributed by atoms with Crippen LogP contribution in [0.25, 0.3) is 0 Å². The van der Waals surface area contributed by atoms with Crippen molar-refractivity contribution in [2.24, 2.45) is 0 Å². The average Bonchev–Trinajstić information content (AvgIpc) is 2.03. The molecule has 13 heavy (non-hydrogen) atoms. The van der Waals surface area contributed by atoms with Gasteiger partial charge in [-0.2, -0.15) is 0 Å². The minimum absolute atomic E-state index is 0.176. The molecule has 0 saturated carbocycles. The normalized spacial score (nSPS) is 11.8. The number of hydrogen-bond donors (Lipinski definition) is 0. The van der Waals surface area contributed by atoms with Gasteiger partial charge in [0, 0.05) is 0 Å². The van der Waals surface area contributed by atoms with Crippen LogP contribution in [0.5, 0.6) is 0 Å². The van der Waals surface area contributed by atoms with Crippen LogP contribution in [0.1, 0.15) is 34.6 Å². The van der Waals surface area contributed by atoms with E-state index >= 15 is 0 Å². The fraction of sp³-hybridized carbons (Fsp3) is 0.667. The maximum atomic E-state index is 5.46. The first-order valence-electron chi connectivity index (χ1n) is 4.43. The molecule has 1 heteroatoms. The molecular weight excluding hydrogens is 158 g/mol. The predicted molar refractivity (Wildman–Crippen MR) is 58.2 cm³/mol. The Bertz CT molecular complexity index is 268. The lowest BCUT2D eigenvalue weighted by molar-refractivity contribution is 0.124. The van der Waals surface area contributed by atoms with E-state index in [1.807, 2.05) is 27.8 Å². The van der Waals surface area contributed by atoms with Crippen LogP contribution in [-0.2, 0) is 0 Å². The summed E-state index contributed by atoms with van der Waals surface area (Å²) in [6.45, 7) is 10.0. The molecule has 0 aromatic heterocycles. The molecular formula is C12H19N. The maximum absolute atomic E-state index is 5.46. The highest BCUT2D eigenvalue weighted by Crippen LogP contribution is 2.21. The van der Waals surface area contributed by atoms with Crippen molar-refractivity contribution in [1.29, 1.82) is 0 Å². The van der Waals surface area contributed by atoms with Crippen molar-refractivity contribution in [1.82, 2.24) is 4.90 Å². The molecule has 0 unspecified atom stereocenters.